The molecule has 152 valence electrons. The minimum Gasteiger partial charge on any atom is -0.484 e. The Kier molecular flexibility index (Phi) is 7.04. The smallest absolute Gasteiger partial charge is 0.260 e. The summed E-state index contributed by atoms with van der Waals surface area (Å²) in [5.74, 6) is 0.691. The highest BCUT2D eigenvalue weighted by Crippen LogP contribution is 2.24. The molecule has 0 aliphatic rings. The van der Waals surface area contributed by atoms with Gasteiger partial charge in [-0.3, -0.25) is 9.78 Å². The molecule has 2 aromatic heterocycles. The first kappa shape index (κ1) is 21.1. The van der Waals surface area contributed by atoms with Gasteiger partial charge in [-0.1, -0.05) is 45.0 Å². The summed E-state index contributed by atoms with van der Waals surface area (Å²) in [4.78, 5) is 20.2. The summed E-state index contributed by atoms with van der Waals surface area (Å²) in [7, 11) is 0. The van der Waals surface area contributed by atoms with Crippen molar-refractivity contribution in [2.24, 2.45) is 0 Å². The Morgan fingerprint density at radius 2 is 1.90 bits per heavy atom. The molecule has 0 spiro atoms. The standard InChI is InChI=1S/C24H28N2O2S/c1-24(2,3)20-8-10-21(11-9-20)28-18-23(27)26(14-12-22-7-5-15-29-22)17-19-6-4-13-25-16-19/h4-11,13,15-16H,12,14,17-18H2,1-3H3. The molecule has 0 saturated heterocycles. The van der Waals surface area contributed by atoms with E-state index in [0.717, 1.165) is 12.0 Å². The number of benzene rings is 1. The largest absolute Gasteiger partial charge is 0.484 e. The van der Waals surface area contributed by atoms with Crippen molar-refractivity contribution in [3.8, 4) is 5.75 Å². The Labute approximate surface area is 177 Å². The lowest BCUT2D eigenvalue weighted by atomic mass is 9.87. The molecule has 1 aromatic carbocycles. The van der Waals surface area contributed by atoms with E-state index < -0.39 is 0 Å². The number of nitrogens with zero attached hydrogens (tertiary/aromatic N) is 2. The van der Waals surface area contributed by atoms with Crippen LogP contribution in [-0.2, 0) is 23.2 Å². The van der Waals surface area contributed by atoms with Crippen LogP contribution in [0.25, 0.3) is 0 Å². The van der Waals surface area contributed by atoms with Crippen LogP contribution in [0.4, 0.5) is 0 Å². The summed E-state index contributed by atoms with van der Waals surface area (Å²) in [5.41, 5.74) is 2.35. The van der Waals surface area contributed by atoms with Gasteiger partial charge in [0, 0.05) is 30.4 Å². The molecule has 29 heavy (non-hydrogen) atoms. The van der Waals surface area contributed by atoms with E-state index in [-0.39, 0.29) is 17.9 Å². The van der Waals surface area contributed by atoms with E-state index in [0.29, 0.717) is 18.8 Å². The molecule has 3 rings (SSSR count). The monoisotopic (exact) mass is 408 g/mol. The van der Waals surface area contributed by atoms with Gasteiger partial charge in [-0.25, -0.2) is 0 Å². The van der Waals surface area contributed by atoms with Crippen LogP contribution >= 0.6 is 11.3 Å². The number of hydrogen-bond donors (Lipinski definition) is 0. The van der Waals surface area contributed by atoms with E-state index in [4.69, 9.17) is 4.74 Å². The number of carbonyl (C=O) groups excluding carboxylic acids is 1. The number of amides is 1. The van der Waals surface area contributed by atoms with Crippen LogP contribution < -0.4 is 4.74 Å². The van der Waals surface area contributed by atoms with Crippen LogP contribution in [-0.4, -0.2) is 28.9 Å². The lowest BCUT2D eigenvalue weighted by molar-refractivity contribution is -0.134. The Bertz CT molecular complexity index is 885. The maximum Gasteiger partial charge on any atom is 0.260 e. The zero-order valence-corrected chi connectivity index (χ0v) is 18.1. The van der Waals surface area contributed by atoms with Crippen LogP contribution in [0.1, 0.15) is 36.8 Å². The molecule has 0 aliphatic carbocycles. The van der Waals surface area contributed by atoms with Crippen molar-refractivity contribution in [3.63, 3.8) is 0 Å². The number of rotatable bonds is 8. The summed E-state index contributed by atoms with van der Waals surface area (Å²) < 4.78 is 5.79. The Morgan fingerprint density at radius 1 is 1.10 bits per heavy atom. The van der Waals surface area contributed by atoms with Crippen molar-refractivity contribution >= 4 is 17.2 Å². The van der Waals surface area contributed by atoms with Crippen LogP contribution in [0.5, 0.6) is 5.75 Å². The molecule has 0 radical (unpaired) electrons. The van der Waals surface area contributed by atoms with Gasteiger partial charge in [0.25, 0.3) is 5.91 Å². The molecule has 0 atom stereocenters. The van der Waals surface area contributed by atoms with Crippen LogP contribution in [0.2, 0.25) is 0 Å². The summed E-state index contributed by atoms with van der Waals surface area (Å²) >= 11 is 1.71. The highest BCUT2D eigenvalue weighted by Gasteiger charge is 2.16. The second-order valence-corrected chi connectivity index (χ2v) is 9.10. The minimum absolute atomic E-state index is 0.0229. The zero-order chi connectivity index (χ0) is 20.7. The van der Waals surface area contributed by atoms with E-state index in [2.05, 4.69) is 49.3 Å². The van der Waals surface area contributed by atoms with Gasteiger partial charge in [0.15, 0.2) is 6.61 Å². The van der Waals surface area contributed by atoms with E-state index >= 15 is 0 Å². The molecular weight excluding hydrogens is 380 g/mol. The first-order chi connectivity index (χ1) is 13.9. The van der Waals surface area contributed by atoms with E-state index in [1.54, 1.807) is 23.7 Å². The predicted molar refractivity (Wildman–Crippen MR) is 118 cm³/mol. The normalized spacial score (nSPS) is 11.3. The molecule has 0 unspecified atom stereocenters. The molecule has 0 N–H and O–H groups in total. The van der Waals surface area contributed by atoms with Gasteiger partial charge in [-0.15, -0.1) is 11.3 Å². The second kappa shape index (κ2) is 9.70. The van der Waals surface area contributed by atoms with Gasteiger partial charge >= 0.3 is 0 Å². The molecule has 1 amide bonds. The van der Waals surface area contributed by atoms with Gasteiger partial charge in [0.05, 0.1) is 0 Å². The third kappa shape index (κ3) is 6.43. The summed E-state index contributed by atoms with van der Waals surface area (Å²) in [6.07, 6.45) is 4.38. The third-order valence-corrected chi connectivity index (χ3v) is 5.68. The second-order valence-electron chi connectivity index (χ2n) is 8.07. The van der Waals surface area contributed by atoms with Gasteiger partial charge in [0.1, 0.15) is 5.75 Å². The fourth-order valence-corrected chi connectivity index (χ4v) is 3.69. The van der Waals surface area contributed by atoms with Crippen molar-refractivity contribution in [2.45, 2.75) is 39.2 Å². The molecule has 0 aliphatic heterocycles. The lowest BCUT2D eigenvalue weighted by Gasteiger charge is -2.23. The molecule has 3 aromatic rings. The van der Waals surface area contributed by atoms with Crippen molar-refractivity contribution in [3.05, 3.63) is 82.3 Å². The highest BCUT2D eigenvalue weighted by molar-refractivity contribution is 7.09. The average molecular weight is 409 g/mol. The number of hydrogen-bond acceptors (Lipinski definition) is 4. The number of pyridine rings is 1. The van der Waals surface area contributed by atoms with E-state index in [9.17, 15) is 4.79 Å². The Hall–Kier alpha value is -2.66. The summed E-state index contributed by atoms with van der Waals surface area (Å²) in [5, 5.41) is 2.06. The lowest BCUT2D eigenvalue weighted by Crippen LogP contribution is -2.36. The minimum atomic E-state index is -0.0229. The maximum atomic E-state index is 12.9. The topological polar surface area (TPSA) is 42.4 Å². The fraction of sp³-hybridized carbons (Fsp3) is 0.333. The van der Waals surface area contributed by atoms with Gasteiger partial charge in [0.2, 0.25) is 0 Å². The van der Waals surface area contributed by atoms with Crippen molar-refractivity contribution in [1.82, 2.24) is 9.88 Å². The molecule has 2 heterocycles. The molecule has 0 bridgehead atoms. The molecule has 5 heteroatoms. The van der Waals surface area contributed by atoms with Gasteiger partial charge in [-0.05, 0) is 52.6 Å². The highest BCUT2D eigenvalue weighted by atomic mass is 32.1. The molecule has 4 nitrogen and oxygen atoms in total. The van der Waals surface area contributed by atoms with Crippen molar-refractivity contribution < 1.29 is 9.53 Å². The summed E-state index contributed by atoms with van der Waals surface area (Å²) in [6, 6.07) is 16.0. The number of ether oxygens (including phenoxy) is 1. The van der Waals surface area contributed by atoms with Gasteiger partial charge in [-0.2, -0.15) is 0 Å². The predicted octanol–water partition coefficient (Wildman–Crippen LogP) is 5.09. The molecule has 0 saturated carbocycles. The van der Waals surface area contributed by atoms with E-state index in [1.807, 2.05) is 35.2 Å². The van der Waals surface area contributed by atoms with Crippen molar-refractivity contribution in [1.29, 1.82) is 0 Å². The molecule has 0 fully saturated rings. The van der Waals surface area contributed by atoms with E-state index in [1.165, 1.54) is 10.4 Å². The quantitative estimate of drug-likeness (QED) is 0.521. The van der Waals surface area contributed by atoms with Crippen LogP contribution in [0.3, 0.4) is 0 Å². The maximum absolute atomic E-state index is 12.9. The average Bonchev–Trinajstić information content (AvgIpc) is 3.23. The van der Waals surface area contributed by atoms with Gasteiger partial charge < -0.3 is 9.64 Å². The Balaban J connectivity index is 1.62. The fourth-order valence-electron chi connectivity index (χ4n) is 2.99. The SMILES string of the molecule is CC(C)(C)c1ccc(OCC(=O)N(CCc2cccs2)Cc2cccnc2)cc1. The van der Waals surface area contributed by atoms with Crippen LogP contribution in [0, 0.1) is 0 Å². The zero-order valence-electron chi connectivity index (χ0n) is 17.3. The van der Waals surface area contributed by atoms with Crippen molar-refractivity contribution in [2.75, 3.05) is 13.2 Å². The first-order valence-corrected chi connectivity index (χ1v) is 10.7. The Morgan fingerprint density at radius 3 is 2.52 bits per heavy atom. The number of aromatic nitrogens is 1. The first-order valence-electron chi connectivity index (χ1n) is 9.84. The summed E-state index contributed by atoms with van der Waals surface area (Å²) in [6.45, 7) is 7.74. The molecular formula is C24H28N2O2S. The number of thiophene rings is 1. The third-order valence-electron chi connectivity index (χ3n) is 4.74. The number of carbonyl (C=O) groups is 1. The van der Waals surface area contributed by atoms with Crippen LogP contribution in [0.15, 0.2) is 66.3 Å².